The molecule has 8 nitrogen and oxygen atoms in total. The van der Waals surface area contributed by atoms with Gasteiger partial charge in [0.2, 0.25) is 0 Å². The molecule has 8 aromatic rings. The first kappa shape index (κ1) is 31.3. The van der Waals surface area contributed by atoms with E-state index in [1.807, 2.05) is 36.4 Å². The monoisotopic (exact) mass is 658 g/mol. The van der Waals surface area contributed by atoms with Crippen molar-refractivity contribution in [2.75, 3.05) is 0 Å². The van der Waals surface area contributed by atoms with Gasteiger partial charge in [-0.05, 0) is 67.8 Å². The summed E-state index contributed by atoms with van der Waals surface area (Å²) in [5, 5.41) is 5.76. The van der Waals surface area contributed by atoms with Gasteiger partial charge in [0.25, 0.3) is 0 Å². The number of benzene rings is 4. The van der Waals surface area contributed by atoms with Crippen molar-refractivity contribution in [3.8, 4) is 33.9 Å². The molecule has 246 valence electrons. The number of hydrogen-bond donors (Lipinski definition) is 0. The fourth-order valence-electron chi connectivity index (χ4n) is 6.35. The third-order valence-electron chi connectivity index (χ3n) is 9.32. The smallest absolute Gasteiger partial charge is 0.345 e. The van der Waals surface area contributed by atoms with Crippen LogP contribution in [0.25, 0.3) is 77.4 Å². The van der Waals surface area contributed by atoms with Crippen LogP contribution in [0.15, 0.2) is 116 Å². The standard InChI is InChI=1S/C42H34N4O4/c1-41(2,3)25-9-11-27-23(15-25)7-13-37-29(27)17-31(39(47)49-37)33-19-45-35(21-43-33)36-22-44-34(20-46-36)32-18-30-28-12-10-26(42(4,5)6)16-24(28)8-14-38(30)50-40(32)48/h7-22H,1-6H3. The van der Waals surface area contributed by atoms with Crippen molar-refractivity contribution in [1.82, 2.24) is 19.9 Å². The van der Waals surface area contributed by atoms with Gasteiger partial charge in [0.1, 0.15) is 22.6 Å². The minimum Gasteiger partial charge on any atom is -0.422 e. The Balaban J connectivity index is 1.11. The third-order valence-corrected chi connectivity index (χ3v) is 9.32. The van der Waals surface area contributed by atoms with Crippen LogP contribution in [0, 0.1) is 0 Å². The summed E-state index contributed by atoms with van der Waals surface area (Å²) >= 11 is 0. The van der Waals surface area contributed by atoms with Crippen LogP contribution in [-0.4, -0.2) is 19.9 Å². The molecule has 4 aromatic carbocycles. The van der Waals surface area contributed by atoms with Crippen molar-refractivity contribution in [2.24, 2.45) is 0 Å². The van der Waals surface area contributed by atoms with E-state index in [1.54, 1.807) is 12.4 Å². The van der Waals surface area contributed by atoms with Crippen LogP contribution < -0.4 is 11.3 Å². The van der Waals surface area contributed by atoms with Crippen LogP contribution in [-0.2, 0) is 10.8 Å². The molecule has 0 atom stereocenters. The zero-order valence-electron chi connectivity index (χ0n) is 28.7. The Hall–Kier alpha value is -6.02. The molecule has 0 spiro atoms. The van der Waals surface area contributed by atoms with Gasteiger partial charge < -0.3 is 8.83 Å². The normalized spacial score (nSPS) is 12.4. The molecule has 0 N–H and O–H groups in total. The highest BCUT2D eigenvalue weighted by Crippen LogP contribution is 2.33. The predicted octanol–water partition coefficient (Wildman–Crippen LogP) is 9.38. The van der Waals surface area contributed by atoms with Gasteiger partial charge in [-0.15, -0.1) is 0 Å². The van der Waals surface area contributed by atoms with E-state index in [9.17, 15) is 9.59 Å². The van der Waals surface area contributed by atoms with Crippen LogP contribution in [0.5, 0.6) is 0 Å². The Bertz CT molecular complexity index is 2560. The predicted molar refractivity (Wildman–Crippen MR) is 198 cm³/mol. The Morgan fingerprint density at radius 2 is 0.820 bits per heavy atom. The summed E-state index contributed by atoms with van der Waals surface area (Å²) < 4.78 is 11.4. The van der Waals surface area contributed by atoms with E-state index in [0.717, 1.165) is 32.3 Å². The van der Waals surface area contributed by atoms with Gasteiger partial charge in [-0.3, -0.25) is 19.9 Å². The molecule has 0 aliphatic carbocycles. The first-order valence-electron chi connectivity index (χ1n) is 16.5. The number of nitrogens with zero attached hydrogens (tertiary/aromatic N) is 4. The van der Waals surface area contributed by atoms with Crippen molar-refractivity contribution in [3.05, 3.63) is 130 Å². The number of rotatable bonds is 3. The van der Waals surface area contributed by atoms with Gasteiger partial charge in [0.05, 0.1) is 47.3 Å². The van der Waals surface area contributed by atoms with E-state index < -0.39 is 11.3 Å². The van der Waals surface area contributed by atoms with E-state index in [4.69, 9.17) is 8.83 Å². The zero-order chi connectivity index (χ0) is 34.9. The molecule has 0 radical (unpaired) electrons. The average Bonchev–Trinajstić information content (AvgIpc) is 3.10. The molecule has 0 fully saturated rings. The number of aromatic nitrogens is 4. The quantitative estimate of drug-likeness (QED) is 0.136. The zero-order valence-corrected chi connectivity index (χ0v) is 28.7. The Kier molecular flexibility index (Phi) is 7.05. The lowest BCUT2D eigenvalue weighted by molar-refractivity contribution is 0.563. The Morgan fingerprint density at radius 3 is 1.18 bits per heavy atom. The van der Waals surface area contributed by atoms with Gasteiger partial charge in [0, 0.05) is 10.8 Å². The van der Waals surface area contributed by atoms with E-state index in [2.05, 4.69) is 97.9 Å². The van der Waals surface area contributed by atoms with Gasteiger partial charge in [-0.2, -0.15) is 0 Å². The summed E-state index contributed by atoms with van der Waals surface area (Å²) in [5.74, 6) is 0. The van der Waals surface area contributed by atoms with Crippen LogP contribution in [0.3, 0.4) is 0 Å². The SMILES string of the molecule is CC(C)(C)c1ccc2c(ccc3oc(=O)c(-c4cnc(-c5cnc(-c6cc7c(ccc8cc(C(C)(C)C)ccc87)oc6=O)cn5)cn4)cc32)c1. The molecule has 4 heterocycles. The highest BCUT2D eigenvalue weighted by atomic mass is 16.4. The fraction of sp³-hybridized carbons (Fsp3) is 0.190. The molecule has 0 saturated heterocycles. The number of fused-ring (bicyclic) bond motifs is 6. The summed E-state index contributed by atoms with van der Waals surface area (Å²) in [5.41, 5.74) is 4.83. The summed E-state index contributed by atoms with van der Waals surface area (Å²) in [6.07, 6.45) is 6.15. The largest absolute Gasteiger partial charge is 0.422 e. The lowest BCUT2D eigenvalue weighted by Crippen LogP contribution is -2.10. The van der Waals surface area contributed by atoms with Crippen LogP contribution in [0.4, 0.5) is 0 Å². The van der Waals surface area contributed by atoms with Crippen molar-refractivity contribution in [2.45, 2.75) is 52.4 Å². The molecule has 8 heteroatoms. The molecule has 0 amide bonds. The number of hydrogen-bond acceptors (Lipinski definition) is 8. The first-order valence-corrected chi connectivity index (χ1v) is 16.5. The molecule has 4 aromatic heterocycles. The van der Waals surface area contributed by atoms with Gasteiger partial charge in [-0.25, -0.2) is 9.59 Å². The minimum absolute atomic E-state index is 0.0111. The first-order chi connectivity index (χ1) is 23.8. The van der Waals surface area contributed by atoms with Crippen molar-refractivity contribution in [3.63, 3.8) is 0 Å². The van der Waals surface area contributed by atoms with Crippen molar-refractivity contribution < 1.29 is 8.83 Å². The average molecular weight is 659 g/mol. The molecule has 0 saturated carbocycles. The fourth-order valence-corrected chi connectivity index (χ4v) is 6.35. The van der Waals surface area contributed by atoms with E-state index in [1.165, 1.54) is 23.5 Å². The summed E-state index contributed by atoms with van der Waals surface area (Å²) in [4.78, 5) is 44.2. The van der Waals surface area contributed by atoms with Crippen molar-refractivity contribution >= 4 is 43.5 Å². The van der Waals surface area contributed by atoms with E-state index in [0.29, 0.717) is 45.1 Å². The molecule has 0 bridgehead atoms. The maximum atomic E-state index is 13.0. The van der Waals surface area contributed by atoms with Crippen molar-refractivity contribution in [1.29, 1.82) is 0 Å². The molecule has 8 rings (SSSR count). The minimum atomic E-state index is -0.494. The lowest BCUT2D eigenvalue weighted by atomic mass is 9.85. The Morgan fingerprint density at radius 1 is 0.440 bits per heavy atom. The third kappa shape index (κ3) is 5.43. The molecular formula is C42H34N4O4. The van der Waals surface area contributed by atoms with E-state index in [-0.39, 0.29) is 10.8 Å². The van der Waals surface area contributed by atoms with Crippen LogP contribution in [0.1, 0.15) is 52.7 Å². The molecular weight excluding hydrogens is 624 g/mol. The second kappa shape index (κ2) is 11.3. The lowest BCUT2D eigenvalue weighted by Gasteiger charge is -2.19. The maximum Gasteiger partial charge on any atom is 0.345 e. The Labute approximate surface area is 287 Å². The van der Waals surface area contributed by atoms with Crippen LogP contribution in [0.2, 0.25) is 0 Å². The second-order valence-corrected chi connectivity index (χ2v) is 14.8. The topological polar surface area (TPSA) is 112 Å². The summed E-state index contributed by atoms with van der Waals surface area (Å²) in [7, 11) is 0. The molecule has 0 aliphatic heterocycles. The molecule has 0 unspecified atom stereocenters. The second-order valence-electron chi connectivity index (χ2n) is 14.8. The van der Waals surface area contributed by atoms with Gasteiger partial charge in [-0.1, -0.05) is 90.1 Å². The van der Waals surface area contributed by atoms with Gasteiger partial charge >= 0.3 is 11.3 Å². The van der Waals surface area contributed by atoms with E-state index >= 15 is 0 Å². The molecule has 0 aliphatic rings. The summed E-state index contributed by atoms with van der Waals surface area (Å²) in [6, 6.07) is 24.0. The highest BCUT2D eigenvalue weighted by Gasteiger charge is 2.18. The highest BCUT2D eigenvalue weighted by molar-refractivity contribution is 6.07. The maximum absolute atomic E-state index is 13.0. The van der Waals surface area contributed by atoms with Crippen LogP contribution >= 0.6 is 0 Å². The summed E-state index contributed by atoms with van der Waals surface area (Å²) in [6.45, 7) is 13.1. The van der Waals surface area contributed by atoms with Gasteiger partial charge in [0.15, 0.2) is 0 Å². The molecule has 50 heavy (non-hydrogen) atoms.